The largest absolute Gasteiger partial charge is 0.550 e. The third-order valence-electron chi connectivity index (χ3n) is 4.93. The lowest BCUT2D eigenvalue weighted by Crippen LogP contribution is -2.43. The van der Waals surface area contributed by atoms with E-state index < -0.39 is 23.6 Å². The topological polar surface area (TPSA) is 69.2 Å². The molecule has 5 heteroatoms. The molecule has 1 aromatic carbocycles. The van der Waals surface area contributed by atoms with Crippen molar-refractivity contribution >= 4 is 17.6 Å². The first-order valence-electron chi connectivity index (χ1n) is 7.25. The summed E-state index contributed by atoms with van der Waals surface area (Å²) in [5.41, 5.74) is 0.864. The minimum atomic E-state index is -1.14. The third-order valence-corrected chi connectivity index (χ3v) is 4.93. The first kappa shape index (κ1) is 14.0. The third kappa shape index (κ3) is 2.41. The van der Waals surface area contributed by atoms with Crippen LogP contribution in [0.1, 0.15) is 24.8 Å². The quantitative estimate of drug-likeness (QED) is 0.917. The molecule has 3 rings (SSSR count). The van der Waals surface area contributed by atoms with Crippen LogP contribution in [0.5, 0.6) is 0 Å². The number of nitrogens with one attached hydrogen (secondary N) is 1. The highest BCUT2D eigenvalue weighted by atomic mass is 19.1. The van der Waals surface area contributed by atoms with E-state index in [-0.39, 0.29) is 17.7 Å². The number of hydrogen-bond donors (Lipinski definition) is 1. The average molecular weight is 290 g/mol. The predicted octanol–water partition coefficient (Wildman–Crippen LogP) is 1.48. The molecule has 0 aromatic heterocycles. The van der Waals surface area contributed by atoms with E-state index >= 15 is 0 Å². The fraction of sp³-hybridized carbons (Fsp3) is 0.500. The maximum Gasteiger partial charge on any atom is 0.228 e. The van der Waals surface area contributed by atoms with Crippen LogP contribution in [0.2, 0.25) is 0 Å². The summed E-state index contributed by atoms with van der Waals surface area (Å²) in [7, 11) is 0. The summed E-state index contributed by atoms with van der Waals surface area (Å²) in [4.78, 5) is 23.7. The number of rotatable bonds is 3. The Bertz CT molecular complexity index is 601. The monoisotopic (exact) mass is 290 g/mol. The number of amides is 1. The Labute approximate surface area is 122 Å². The number of fused-ring (bicyclic) bond motifs is 2. The van der Waals surface area contributed by atoms with Crippen LogP contribution in [-0.2, 0) is 9.59 Å². The van der Waals surface area contributed by atoms with Gasteiger partial charge in [0.05, 0.1) is 0 Å². The molecule has 112 valence electrons. The number of aryl methyl sites for hydroxylation is 1. The fourth-order valence-electron chi connectivity index (χ4n) is 3.90. The number of aliphatic carboxylic acids is 1. The molecule has 1 amide bonds. The number of carbonyl (C=O) groups is 2. The van der Waals surface area contributed by atoms with Gasteiger partial charge in [0.25, 0.3) is 0 Å². The number of hydrogen-bond acceptors (Lipinski definition) is 3. The second-order valence-corrected chi connectivity index (χ2v) is 6.16. The van der Waals surface area contributed by atoms with E-state index in [9.17, 15) is 19.1 Å². The Hall–Kier alpha value is -1.91. The molecule has 1 N–H and O–H groups in total. The van der Waals surface area contributed by atoms with Gasteiger partial charge in [-0.15, -0.1) is 0 Å². The van der Waals surface area contributed by atoms with Crippen LogP contribution in [0.3, 0.4) is 0 Å². The minimum Gasteiger partial charge on any atom is -0.550 e. The second-order valence-electron chi connectivity index (χ2n) is 6.16. The summed E-state index contributed by atoms with van der Waals surface area (Å²) in [6, 6.07) is 4.47. The fourth-order valence-corrected chi connectivity index (χ4v) is 3.90. The van der Waals surface area contributed by atoms with Crippen molar-refractivity contribution in [3.05, 3.63) is 29.6 Å². The van der Waals surface area contributed by atoms with Gasteiger partial charge in [0.2, 0.25) is 5.91 Å². The molecule has 0 spiro atoms. The zero-order valence-corrected chi connectivity index (χ0v) is 11.8. The maximum absolute atomic E-state index is 13.5. The summed E-state index contributed by atoms with van der Waals surface area (Å²) in [5, 5.41) is 14.0. The van der Waals surface area contributed by atoms with Crippen LogP contribution < -0.4 is 10.4 Å². The Morgan fingerprint density at radius 2 is 1.90 bits per heavy atom. The van der Waals surface area contributed by atoms with Gasteiger partial charge in [0.1, 0.15) is 5.82 Å². The Kier molecular flexibility index (Phi) is 3.43. The molecule has 2 aliphatic carbocycles. The maximum atomic E-state index is 13.5. The summed E-state index contributed by atoms with van der Waals surface area (Å²) >= 11 is 0. The van der Waals surface area contributed by atoms with Crippen LogP contribution in [0.15, 0.2) is 18.2 Å². The van der Waals surface area contributed by atoms with Crippen LogP contribution in [0.25, 0.3) is 0 Å². The zero-order chi connectivity index (χ0) is 15.1. The van der Waals surface area contributed by atoms with E-state index in [1.165, 1.54) is 6.07 Å². The van der Waals surface area contributed by atoms with Crippen molar-refractivity contribution in [3.8, 4) is 0 Å². The molecule has 21 heavy (non-hydrogen) atoms. The lowest BCUT2D eigenvalue weighted by molar-refractivity contribution is -0.314. The van der Waals surface area contributed by atoms with Crippen LogP contribution in [0, 0.1) is 36.4 Å². The van der Waals surface area contributed by atoms with Crippen molar-refractivity contribution in [1.82, 2.24) is 0 Å². The lowest BCUT2D eigenvalue weighted by atomic mass is 9.78. The highest BCUT2D eigenvalue weighted by molar-refractivity contribution is 5.95. The SMILES string of the molecule is Cc1ccc(NC(=O)[C@@H]2[C@@H]3CC[C@@H](C3)[C@@H]2C(=O)[O-])cc1F. The standard InChI is InChI=1S/C16H18FNO3/c1-8-2-5-11(7-12(8)17)18-15(19)13-9-3-4-10(6-9)14(13)16(20)21/h2,5,7,9-10,13-14H,3-4,6H2,1H3,(H,18,19)(H,20,21)/p-1/t9-,10+,13-,14+/m1/s1. The van der Waals surface area contributed by atoms with Crippen LogP contribution in [0.4, 0.5) is 10.1 Å². The van der Waals surface area contributed by atoms with Crippen molar-refractivity contribution in [2.24, 2.45) is 23.7 Å². The summed E-state index contributed by atoms with van der Waals surface area (Å²) < 4.78 is 13.5. The molecule has 0 aliphatic heterocycles. The van der Waals surface area contributed by atoms with Gasteiger partial charge >= 0.3 is 0 Å². The highest BCUT2D eigenvalue weighted by Crippen LogP contribution is 2.52. The average Bonchev–Trinajstić information content (AvgIpc) is 3.03. The Morgan fingerprint density at radius 1 is 1.24 bits per heavy atom. The van der Waals surface area contributed by atoms with Crippen molar-refractivity contribution in [1.29, 1.82) is 0 Å². The van der Waals surface area contributed by atoms with Crippen LogP contribution in [-0.4, -0.2) is 11.9 Å². The van der Waals surface area contributed by atoms with E-state index in [0.717, 1.165) is 19.3 Å². The number of carbonyl (C=O) groups excluding carboxylic acids is 2. The van der Waals surface area contributed by atoms with Gasteiger partial charge in [-0.1, -0.05) is 6.07 Å². The van der Waals surface area contributed by atoms with Gasteiger partial charge in [-0.05, 0) is 55.7 Å². The van der Waals surface area contributed by atoms with Gasteiger partial charge in [0, 0.05) is 23.5 Å². The molecule has 2 bridgehead atoms. The van der Waals surface area contributed by atoms with Crippen molar-refractivity contribution in [2.75, 3.05) is 5.32 Å². The van der Waals surface area contributed by atoms with Gasteiger partial charge in [-0.25, -0.2) is 4.39 Å². The summed E-state index contributed by atoms with van der Waals surface area (Å²) in [6.45, 7) is 1.64. The number of carboxylic acid groups (broad SMARTS) is 1. The number of anilines is 1. The van der Waals surface area contributed by atoms with E-state index in [1.807, 2.05) is 0 Å². The zero-order valence-electron chi connectivity index (χ0n) is 11.8. The summed E-state index contributed by atoms with van der Waals surface area (Å²) in [5.74, 6) is -2.98. The van der Waals surface area contributed by atoms with Gasteiger partial charge < -0.3 is 15.2 Å². The molecule has 2 saturated carbocycles. The normalized spacial score (nSPS) is 30.4. The van der Waals surface area contributed by atoms with E-state index in [2.05, 4.69) is 5.32 Å². The molecule has 4 nitrogen and oxygen atoms in total. The van der Waals surface area contributed by atoms with Crippen molar-refractivity contribution < 1.29 is 19.1 Å². The molecule has 2 fully saturated rings. The van der Waals surface area contributed by atoms with Gasteiger partial charge in [-0.2, -0.15) is 0 Å². The molecular formula is C16H17FNO3-. The molecule has 1 aromatic rings. The molecular weight excluding hydrogens is 273 g/mol. The second kappa shape index (κ2) is 5.13. The number of halogens is 1. The van der Waals surface area contributed by atoms with Crippen molar-refractivity contribution in [2.45, 2.75) is 26.2 Å². The molecule has 4 atom stereocenters. The molecule has 0 heterocycles. The molecule has 0 unspecified atom stereocenters. The summed E-state index contributed by atoms with van der Waals surface area (Å²) in [6.07, 6.45) is 2.51. The van der Waals surface area contributed by atoms with E-state index in [4.69, 9.17) is 0 Å². The minimum absolute atomic E-state index is 0.0468. The first-order chi connectivity index (χ1) is 9.97. The highest BCUT2D eigenvalue weighted by Gasteiger charge is 2.51. The predicted molar refractivity (Wildman–Crippen MR) is 72.6 cm³/mol. The molecule has 0 saturated heterocycles. The van der Waals surface area contributed by atoms with Crippen molar-refractivity contribution in [3.63, 3.8) is 0 Å². The smallest absolute Gasteiger partial charge is 0.228 e. The number of carboxylic acids is 1. The van der Waals surface area contributed by atoms with E-state index in [0.29, 0.717) is 11.3 Å². The Morgan fingerprint density at radius 3 is 2.52 bits per heavy atom. The number of benzene rings is 1. The molecule has 0 radical (unpaired) electrons. The van der Waals surface area contributed by atoms with Gasteiger partial charge in [-0.3, -0.25) is 4.79 Å². The van der Waals surface area contributed by atoms with Gasteiger partial charge in [0.15, 0.2) is 0 Å². The van der Waals surface area contributed by atoms with Crippen LogP contribution >= 0.6 is 0 Å². The molecule has 2 aliphatic rings. The first-order valence-corrected chi connectivity index (χ1v) is 7.25. The van der Waals surface area contributed by atoms with E-state index in [1.54, 1.807) is 19.1 Å². The lowest BCUT2D eigenvalue weighted by Gasteiger charge is -2.30. The Balaban J connectivity index is 1.78.